The summed E-state index contributed by atoms with van der Waals surface area (Å²) < 4.78 is 1.15. The van der Waals surface area contributed by atoms with Gasteiger partial charge in [0, 0.05) is 10.2 Å². The normalized spacial score (nSPS) is 12.2. The highest BCUT2D eigenvalue weighted by Gasteiger charge is 2.10. The molecule has 0 bridgehead atoms. The van der Waals surface area contributed by atoms with E-state index in [1.54, 1.807) is 0 Å². The SMILES string of the molecule is CCCC(Nc1ccc(C)c(Br)c1)c1ccccc1. The van der Waals surface area contributed by atoms with E-state index in [4.69, 9.17) is 0 Å². The van der Waals surface area contributed by atoms with Gasteiger partial charge in [-0.25, -0.2) is 0 Å². The Bertz CT molecular complexity index is 522. The molecule has 0 fully saturated rings. The van der Waals surface area contributed by atoms with Crippen LogP contribution in [0.1, 0.15) is 36.9 Å². The molecule has 0 saturated heterocycles. The van der Waals surface area contributed by atoms with Crippen molar-refractivity contribution >= 4 is 21.6 Å². The van der Waals surface area contributed by atoms with Gasteiger partial charge < -0.3 is 5.32 Å². The number of anilines is 1. The molecule has 19 heavy (non-hydrogen) atoms. The summed E-state index contributed by atoms with van der Waals surface area (Å²) in [5, 5.41) is 3.63. The smallest absolute Gasteiger partial charge is 0.0513 e. The first-order valence-corrected chi connectivity index (χ1v) is 7.57. The second-order valence-electron chi connectivity index (χ2n) is 4.86. The van der Waals surface area contributed by atoms with Crippen LogP contribution in [0.4, 0.5) is 5.69 Å². The third-order valence-electron chi connectivity index (χ3n) is 3.29. The Morgan fingerprint density at radius 3 is 2.47 bits per heavy atom. The van der Waals surface area contributed by atoms with Crippen LogP contribution in [-0.2, 0) is 0 Å². The molecule has 2 aromatic rings. The molecule has 0 aliphatic heterocycles. The summed E-state index contributed by atoms with van der Waals surface area (Å²) in [5.41, 5.74) is 3.78. The molecule has 0 aliphatic carbocycles. The third kappa shape index (κ3) is 3.84. The molecule has 1 nitrogen and oxygen atoms in total. The lowest BCUT2D eigenvalue weighted by molar-refractivity contribution is 0.677. The van der Waals surface area contributed by atoms with E-state index in [0.717, 1.165) is 10.9 Å². The molecule has 0 amide bonds. The standard InChI is InChI=1S/C17H20BrN/c1-3-7-17(14-8-5-4-6-9-14)19-15-11-10-13(2)16(18)12-15/h4-6,8-12,17,19H,3,7H2,1-2H3. The van der Waals surface area contributed by atoms with E-state index in [-0.39, 0.29) is 0 Å². The van der Waals surface area contributed by atoms with Crippen molar-refractivity contribution in [1.29, 1.82) is 0 Å². The average Bonchev–Trinajstić information content (AvgIpc) is 2.43. The minimum absolute atomic E-state index is 0.376. The van der Waals surface area contributed by atoms with Crippen molar-refractivity contribution in [3.63, 3.8) is 0 Å². The highest BCUT2D eigenvalue weighted by molar-refractivity contribution is 9.10. The van der Waals surface area contributed by atoms with Crippen LogP contribution in [0.2, 0.25) is 0 Å². The molecule has 2 aromatic carbocycles. The van der Waals surface area contributed by atoms with E-state index in [1.165, 1.54) is 23.2 Å². The van der Waals surface area contributed by atoms with Gasteiger partial charge >= 0.3 is 0 Å². The Labute approximate surface area is 124 Å². The molecule has 1 atom stereocenters. The summed E-state index contributed by atoms with van der Waals surface area (Å²) in [6.07, 6.45) is 2.30. The van der Waals surface area contributed by atoms with Crippen molar-refractivity contribution < 1.29 is 0 Å². The Hall–Kier alpha value is -1.28. The third-order valence-corrected chi connectivity index (χ3v) is 4.15. The van der Waals surface area contributed by atoms with E-state index in [2.05, 4.69) is 83.6 Å². The molecule has 2 rings (SSSR count). The number of rotatable bonds is 5. The van der Waals surface area contributed by atoms with Crippen molar-refractivity contribution in [3.05, 3.63) is 64.1 Å². The lowest BCUT2D eigenvalue weighted by atomic mass is 10.0. The largest absolute Gasteiger partial charge is 0.378 e. The van der Waals surface area contributed by atoms with Crippen molar-refractivity contribution in [2.75, 3.05) is 5.32 Å². The highest BCUT2D eigenvalue weighted by atomic mass is 79.9. The molecule has 0 aromatic heterocycles. The molecule has 0 aliphatic rings. The van der Waals surface area contributed by atoms with Crippen LogP contribution in [-0.4, -0.2) is 0 Å². The zero-order chi connectivity index (χ0) is 13.7. The van der Waals surface area contributed by atoms with Gasteiger partial charge in [-0.3, -0.25) is 0 Å². The fourth-order valence-electron chi connectivity index (χ4n) is 2.18. The molecular formula is C17H20BrN. The summed E-state index contributed by atoms with van der Waals surface area (Å²) in [6, 6.07) is 17.5. The molecule has 1 N–H and O–H groups in total. The van der Waals surface area contributed by atoms with Gasteiger partial charge in [0.25, 0.3) is 0 Å². The maximum absolute atomic E-state index is 3.63. The lowest BCUT2D eigenvalue weighted by Gasteiger charge is -2.20. The van der Waals surface area contributed by atoms with Crippen molar-refractivity contribution in [2.24, 2.45) is 0 Å². The Morgan fingerprint density at radius 2 is 1.84 bits per heavy atom. The van der Waals surface area contributed by atoms with Gasteiger partial charge in [-0.05, 0) is 36.6 Å². The minimum atomic E-state index is 0.376. The van der Waals surface area contributed by atoms with Crippen LogP contribution in [0.25, 0.3) is 0 Å². The summed E-state index contributed by atoms with van der Waals surface area (Å²) in [5.74, 6) is 0. The molecule has 1 unspecified atom stereocenters. The molecule has 0 spiro atoms. The summed E-state index contributed by atoms with van der Waals surface area (Å²) in [6.45, 7) is 4.33. The number of halogens is 1. The molecule has 0 radical (unpaired) electrons. The number of aryl methyl sites for hydroxylation is 1. The number of benzene rings is 2. The first-order chi connectivity index (χ1) is 9.20. The van der Waals surface area contributed by atoms with E-state index >= 15 is 0 Å². The summed E-state index contributed by atoms with van der Waals surface area (Å²) in [7, 11) is 0. The minimum Gasteiger partial charge on any atom is -0.378 e. The Balaban J connectivity index is 2.19. The summed E-state index contributed by atoms with van der Waals surface area (Å²) >= 11 is 3.59. The van der Waals surface area contributed by atoms with Crippen molar-refractivity contribution in [3.8, 4) is 0 Å². The van der Waals surface area contributed by atoms with E-state index in [9.17, 15) is 0 Å². The first-order valence-electron chi connectivity index (χ1n) is 6.78. The monoisotopic (exact) mass is 317 g/mol. The van der Waals surface area contributed by atoms with Gasteiger partial charge in [-0.15, -0.1) is 0 Å². The molecule has 0 heterocycles. The fraction of sp³-hybridized carbons (Fsp3) is 0.294. The van der Waals surface area contributed by atoms with Gasteiger partial charge in [0.2, 0.25) is 0 Å². The number of hydrogen-bond donors (Lipinski definition) is 1. The van der Waals surface area contributed by atoms with E-state index < -0.39 is 0 Å². The maximum atomic E-state index is 3.63. The van der Waals surface area contributed by atoms with Crippen LogP contribution in [0.3, 0.4) is 0 Å². The molecular weight excluding hydrogens is 298 g/mol. The van der Waals surface area contributed by atoms with Gasteiger partial charge in [0.15, 0.2) is 0 Å². The predicted molar refractivity (Wildman–Crippen MR) is 86.6 cm³/mol. The zero-order valence-corrected chi connectivity index (χ0v) is 13.1. The average molecular weight is 318 g/mol. The quantitative estimate of drug-likeness (QED) is 0.744. The van der Waals surface area contributed by atoms with Crippen LogP contribution in [0.5, 0.6) is 0 Å². The second-order valence-corrected chi connectivity index (χ2v) is 5.71. The first kappa shape index (κ1) is 14.1. The molecule has 0 saturated carbocycles. The van der Waals surface area contributed by atoms with Crippen molar-refractivity contribution in [1.82, 2.24) is 0 Å². The molecule has 2 heteroatoms. The topological polar surface area (TPSA) is 12.0 Å². The molecule has 100 valence electrons. The highest BCUT2D eigenvalue weighted by Crippen LogP contribution is 2.27. The second kappa shape index (κ2) is 6.76. The Morgan fingerprint density at radius 1 is 1.11 bits per heavy atom. The fourth-order valence-corrected chi connectivity index (χ4v) is 2.56. The Kier molecular flexibility index (Phi) is 5.03. The number of nitrogens with one attached hydrogen (secondary N) is 1. The maximum Gasteiger partial charge on any atom is 0.0513 e. The van der Waals surface area contributed by atoms with Crippen LogP contribution >= 0.6 is 15.9 Å². The zero-order valence-electron chi connectivity index (χ0n) is 11.5. The predicted octanol–water partition coefficient (Wildman–Crippen LogP) is 5.71. The van der Waals surface area contributed by atoms with Gasteiger partial charge in [0.1, 0.15) is 0 Å². The van der Waals surface area contributed by atoms with Crippen LogP contribution in [0.15, 0.2) is 53.0 Å². The van der Waals surface area contributed by atoms with E-state index in [0.29, 0.717) is 6.04 Å². The van der Waals surface area contributed by atoms with Crippen molar-refractivity contribution in [2.45, 2.75) is 32.7 Å². The van der Waals surface area contributed by atoms with Gasteiger partial charge in [-0.2, -0.15) is 0 Å². The van der Waals surface area contributed by atoms with Crippen LogP contribution in [0, 0.1) is 6.92 Å². The lowest BCUT2D eigenvalue weighted by Crippen LogP contribution is -2.10. The van der Waals surface area contributed by atoms with Gasteiger partial charge in [0.05, 0.1) is 6.04 Å². The van der Waals surface area contributed by atoms with Gasteiger partial charge in [-0.1, -0.05) is 65.7 Å². The van der Waals surface area contributed by atoms with E-state index in [1.807, 2.05) is 0 Å². The summed E-state index contributed by atoms with van der Waals surface area (Å²) in [4.78, 5) is 0. The van der Waals surface area contributed by atoms with Crippen LogP contribution < -0.4 is 5.32 Å². The number of hydrogen-bond acceptors (Lipinski definition) is 1.